The summed E-state index contributed by atoms with van der Waals surface area (Å²) in [4.78, 5) is 24.6. The number of nitrogens with one attached hydrogen (secondary N) is 1. The highest BCUT2D eigenvalue weighted by Gasteiger charge is 2.17. The van der Waals surface area contributed by atoms with Crippen LogP contribution in [0.3, 0.4) is 0 Å². The minimum Gasteiger partial charge on any atom is -0.462 e. The topological polar surface area (TPSA) is 55.4 Å². The average molecular weight is 297 g/mol. The fourth-order valence-corrected chi connectivity index (χ4v) is 2.78. The van der Waals surface area contributed by atoms with Gasteiger partial charge in [0.15, 0.2) is 0 Å². The standard InChI is InChI=1S/C15H23NO3S/c1-4-6-7-8-9-13(17)16-14-12(10-11(3)20-14)15(18)19-5-2/h10H,4-9H2,1-3H3,(H,16,17). The maximum atomic E-state index is 11.9. The van der Waals surface area contributed by atoms with E-state index < -0.39 is 0 Å². The highest BCUT2D eigenvalue weighted by atomic mass is 32.1. The van der Waals surface area contributed by atoms with Gasteiger partial charge in [-0.1, -0.05) is 26.2 Å². The molecular formula is C15H23NO3S. The Morgan fingerprint density at radius 1 is 1.25 bits per heavy atom. The summed E-state index contributed by atoms with van der Waals surface area (Å²) in [6.07, 6.45) is 4.76. The van der Waals surface area contributed by atoms with Gasteiger partial charge in [-0.2, -0.15) is 0 Å². The molecule has 0 saturated heterocycles. The van der Waals surface area contributed by atoms with Crippen LogP contribution in [0.1, 0.15) is 61.2 Å². The third-order valence-electron chi connectivity index (χ3n) is 2.86. The summed E-state index contributed by atoms with van der Waals surface area (Å²) in [5.41, 5.74) is 0.455. The number of hydrogen-bond acceptors (Lipinski definition) is 4. The first kappa shape index (κ1) is 16.7. The monoisotopic (exact) mass is 297 g/mol. The lowest BCUT2D eigenvalue weighted by Gasteiger charge is -2.06. The van der Waals surface area contributed by atoms with Gasteiger partial charge in [-0.05, 0) is 26.3 Å². The molecule has 1 amide bonds. The van der Waals surface area contributed by atoms with Crippen LogP contribution in [0, 0.1) is 6.92 Å². The third-order valence-corrected chi connectivity index (χ3v) is 3.83. The molecular weight excluding hydrogens is 274 g/mol. The van der Waals surface area contributed by atoms with Crippen molar-refractivity contribution >= 4 is 28.2 Å². The average Bonchev–Trinajstić information content (AvgIpc) is 2.76. The molecule has 0 aliphatic rings. The third kappa shape index (κ3) is 5.33. The van der Waals surface area contributed by atoms with Gasteiger partial charge < -0.3 is 10.1 Å². The summed E-state index contributed by atoms with van der Waals surface area (Å²) in [5.74, 6) is -0.411. The van der Waals surface area contributed by atoms with Crippen LogP contribution in [0.25, 0.3) is 0 Å². The van der Waals surface area contributed by atoms with E-state index in [0.29, 0.717) is 23.6 Å². The van der Waals surface area contributed by atoms with E-state index in [2.05, 4.69) is 12.2 Å². The molecule has 1 heterocycles. The number of rotatable bonds is 8. The molecule has 4 nitrogen and oxygen atoms in total. The van der Waals surface area contributed by atoms with E-state index in [0.717, 1.165) is 30.6 Å². The maximum Gasteiger partial charge on any atom is 0.341 e. The lowest BCUT2D eigenvalue weighted by Crippen LogP contribution is -2.13. The molecule has 20 heavy (non-hydrogen) atoms. The van der Waals surface area contributed by atoms with Crippen molar-refractivity contribution in [2.75, 3.05) is 11.9 Å². The second-order valence-corrected chi connectivity index (χ2v) is 5.94. The lowest BCUT2D eigenvalue weighted by atomic mass is 10.1. The number of amides is 1. The maximum absolute atomic E-state index is 11.9. The van der Waals surface area contributed by atoms with Crippen LogP contribution >= 0.6 is 11.3 Å². The van der Waals surface area contributed by atoms with E-state index in [1.165, 1.54) is 11.3 Å². The van der Waals surface area contributed by atoms with Gasteiger partial charge in [0.25, 0.3) is 0 Å². The normalized spacial score (nSPS) is 10.3. The number of carbonyl (C=O) groups excluding carboxylic acids is 2. The first-order valence-corrected chi connectivity index (χ1v) is 7.97. The van der Waals surface area contributed by atoms with Gasteiger partial charge in [0.1, 0.15) is 5.00 Å². The van der Waals surface area contributed by atoms with Crippen molar-refractivity contribution in [3.05, 3.63) is 16.5 Å². The molecule has 0 saturated carbocycles. The van der Waals surface area contributed by atoms with Gasteiger partial charge in [-0.25, -0.2) is 4.79 Å². The van der Waals surface area contributed by atoms with Crippen molar-refractivity contribution in [3.63, 3.8) is 0 Å². The Morgan fingerprint density at radius 2 is 2.00 bits per heavy atom. The minimum atomic E-state index is -0.377. The molecule has 0 atom stereocenters. The van der Waals surface area contributed by atoms with Crippen LogP contribution < -0.4 is 5.32 Å². The number of unbranched alkanes of at least 4 members (excludes halogenated alkanes) is 3. The first-order chi connectivity index (χ1) is 9.58. The number of esters is 1. The van der Waals surface area contributed by atoms with E-state index in [1.54, 1.807) is 13.0 Å². The Hall–Kier alpha value is -1.36. The number of hydrogen-bond donors (Lipinski definition) is 1. The lowest BCUT2D eigenvalue weighted by molar-refractivity contribution is -0.116. The molecule has 0 unspecified atom stereocenters. The van der Waals surface area contributed by atoms with E-state index in [1.807, 2.05) is 6.92 Å². The highest BCUT2D eigenvalue weighted by Crippen LogP contribution is 2.28. The molecule has 0 fully saturated rings. The molecule has 0 radical (unpaired) electrons. The molecule has 0 spiro atoms. The molecule has 1 rings (SSSR count). The molecule has 1 aromatic heterocycles. The summed E-state index contributed by atoms with van der Waals surface area (Å²) >= 11 is 1.41. The van der Waals surface area contributed by atoms with Crippen LogP contribution in [0.15, 0.2) is 6.07 Å². The minimum absolute atomic E-state index is 0.0338. The SMILES string of the molecule is CCCCCCC(=O)Nc1sc(C)cc1C(=O)OCC. The molecule has 1 aromatic rings. The molecule has 5 heteroatoms. The number of thiophene rings is 1. The van der Waals surface area contributed by atoms with Crippen LogP contribution in [-0.4, -0.2) is 18.5 Å². The van der Waals surface area contributed by atoms with Crippen molar-refractivity contribution in [1.29, 1.82) is 0 Å². The van der Waals surface area contributed by atoms with E-state index in [4.69, 9.17) is 4.74 Å². The predicted octanol–water partition coefficient (Wildman–Crippen LogP) is 4.14. The van der Waals surface area contributed by atoms with Crippen LogP contribution in [0.5, 0.6) is 0 Å². The van der Waals surface area contributed by atoms with Crippen molar-refractivity contribution in [3.8, 4) is 0 Å². The highest BCUT2D eigenvalue weighted by molar-refractivity contribution is 7.16. The number of ether oxygens (including phenoxy) is 1. The zero-order valence-electron chi connectivity index (χ0n) is 12.5. The summed E-state index contributed by atoms with van der Waals surface area (Å²) in [7, 11) is 0. The van der Waals surface area contributed by atoms with Gasteiger partial charge in [-0.3, -0.25) is 4.79 Å². The van der Waals surface area contributed by atoms with Crippen LogP contribution in [0.4, 0.5) is 5.00 Å². The van der Waals surface area contributed by atoms with Crippen LogP contribution in [0.2, 0.25) is 0 Å². The smallest absolute Gasteiger partial charge is 0.341 e. The van der Waals surface area contributed by atoms with Crippen molar-refractivity contribution in [1.82, 2.24) is 0 Å². The molecule has 1 N–H and O–H groups in total. The zero-order chi connectivity index (χ0) is 15.0. The summed E-state index contributed by atoms with van der Waals surface area (Å²) in [6, 6.07) is 1.76. The van der Waals surface area contributed by atoms with Gasteiger partial charge in [-0.15, -0.1) is 11.3 Å². The molecule has 0 bridgehead atoms. The number of carbonyl (C=O) groups is 2. The predicted molar refractivity (Wildman–Crippen MR) is 82.4 cm³/mol. The largest absolute Gasteiger partial charge is 0.462 e. The molecule has 0 aliphatic heterocycles. The summed E-state index contributed by atoms with van der Waals surface area (Å²) in [6.45, 7) is 6.14. The molecule has 0 aromatic carbocycles. The first-order valence-electron chi connectivity index (χ1n) is 7.15. The van der Waals surface area contributed by atoms with Gasteiger partial charge in [0.05, 0.1) is 12.2 Å². The fraction of sp³-hybridized carbons (Fsp3) is 0.600. The van der Waals surface area contributed by atoms with E-state index in [-0.39, 0.29) is 11.9 Å². The summed E-state index contributed by atoms with van der Waals surface area (Å²) < 4.78 is 4.99. The van der Waals surface area contributed by atoms with Crippen molar-refractivity contribution in [2.45, 2.75) is 52.9 Å². The summed E-state index contributed by atoms with van der Waals surface area (Å²) in [5, 5.41) is 3.42. The fourth-order valence-electron chi connectivity index (χ4n) is 1.87. The Bertz CT molecular complexity index is 454. The molecule has 0 aliphatic carbocycles. The van der Waals surface area contributed by atoms with E-state index in [9.17, 15) is 9.59 Å². The van der Waals surface area contributed by atoms with Crippen molar-refractivity contribution < 1.29 is 14.3 Å². The Labute approximate surface area is 124 Å². The quantitative estimate of drug-likeness (QED) is 0.579. The Kier molecular flexibility index (Phi) is 7.30. The van der Waals surface area contributed by atoms with E-state index >= 15 is 0 Å². The van der Waals surface area contributed by atoms with Crippen LogP contribution in [-0.2, 0) is 9.53 Å². The van der Waals surface area contributed by atoms with Crippen molar-refractivity contribution in [2.24, 2.45) is 0 Å². The second kappa shape index (κ2) is 8.74. The number of aryl methyl sites for hydroxylation is 1. The van der Waals surface area contributed by atoms with Gasteiger partial charge in [0.2, 0.25) is 5.91 Å². The second-order valence-electron chi connectivity index (χ2n) is 4.68. The molecule has 112 valence electrons. The Balaban J connectivity index is 2.58. The number of anilines is 1. The Morgan fingerprint density at radius 3 is 2.65 bits per heavy atom. The zero-order valence-corrected chi connectivity index (χ0v) is 13.3. The van der Waals surface area contributed by atoms with Gasteiger partial charge >= 0.3 is 5.97 Å². The van der Waals surface area contributed by atoms with Gasteiger partial charge in [0, 0.05) is 11.3 Å².